The Morgan fingerprint density at radius 2 is 1.89 bits per heavy atom. The lowest BCUT2D eigenvalue weighted by atomic mass is 9.83. The van der Waals surface area contributed by atoms with E-state index in [2.05, 4.69) is 15.5 Å². The summed E-state index contributed by atoms with van der Waals surface area (Å²) in [5.41, 5.74) is 0.464. The first-order valence-electron chi connectivity index (χ1n) is 12.7. The largest absolute Gasteiger partial charge is 0.370 e. The smallest absolute Gasteiger partial charge is 0.261 e. The Balaban J connectivity index is 1.33. The van der Waals surface area contributed by atoms with E-state index in [1.54, 1.807) is 18.2 Å². The van der Waals surface area contributed by atoms with Crippen LogP contribution in [0.3, 0.4) is 0 Å². The molecule has 1 atom stereocenters. The topological polar surface area (TPSA) is 91.0 Å². The van der Waals surface area contributed by atoms with Crippen LogP contribution >= 0.6 is 22.9 Å². The van der Waals surface area contributed by atoms with E-state index in [-0.39, 0.29) is 48.6 Å². The van der Waals surface area contributed by atoms with E-state index in [4.69, 9.17) is 16.3 Å². The van der Waals surface area contributed by atoms with E-state index < -0.39 is 11.9 Å². The third-order valence-corrected chi connectivity index (χ3v) is 8.65. The van der Waals surface area contributed by atoms with Gasteiger partial charge in [-0.05, 0) is 56.0 Å². The Morgan fingerprint density at radius 1 is 1.16 bits per heavy atom. The van der Waals surface area contributed by atoms with E-state index in [0.717, 1.165) is 38.5 Å². The minimum Gasteiger partial charge on any atom is -0.370 e. The van der Waals surface area contributed by atoms with E-state index in [1.807, 2.05) is 0 Å². The molecule has 5 rings (SSSR count). The maximum Gasteiger partial charge on any atom is 0.261 e. The van der Waals surface area contributed by atoms with Crippen molar-refractivity contribution in [1.82, 2.24) is 10.2 Å². The fraction of sp³-hybridized carbons (Fsp3) is 0.500. The van der Waals surface area contributed by atoms with E-state index >= 15 is 4.39 Å². The fourth-order valence-corrected chi connectivity index (χ4v) is 5.96. The van der Waals surface area contributed by atoms with Crippen molar-refractivity contribution in [2.45, 2.75) is 56.7 Å². The van der Waals surface area contributed by atoms with Gasteiger partial charge in [0.2, 0.25) is 5.91 Å². The van der Waals surface area contributed by atoms with Crippen molar-refractivity contribution in [3.05, 3.63) is 45.4 Å². The molecule has 1 aromatic heterocycles. The van der Waals surface area contributed by atoms with Gasteiger partial charge in [-0.25, -0.2) is 4.39 Å². The van der Waals surface area contributed by atoms with Gasteiger partial charge in [-0.15, -0.1) is 11.3 Å². The molecule has 11 heteroatoms. The molecule has 8 nitrogen and oxygen atoms in total. The SMILES string of the molecule is O=C(NC[C@@H](C(=O)Nc1ccc(N2CCOCC2=O)cc1F)N(C1CCC1)C1CCC1)c1ccc(Cl)s1. The highest BCUT2D eigenvalue weighted by Gasteiger charge is 2.41. The number of anilines is 2. The van der Waals surface area contributed by atoms with Crippen molar-refractivity contribution >= 4 is 52.0 Å². The lowest BCUT2D eigenvalue weighted by Crippen LogP contribution is -2.61. The van der Waals surface area contributed by atoms with Crippen molar-refractivity contribution in [2.24, 2.45) is 0 Å². The second-order valence-electron chi connectivity index (χ2n) is 9.70. The van der Waals surface area contributed by atoms with Gasteiger partial charge in [-0.3, -0.25) is 19.3 Å². The number of nitrogens with zero attached hydrogens (tertiary/aromatic N) is 2. The number of thiophene rings is 1. The van der Waals surface area contributed by atoms with Gasteiger partial charge in [0, 0.05) is 30.9 Å². The maximum absolute atomic E-state index is 15.1. The molecule has 0 unspecified atom stereocenters. The number of hydrogen-bond donors (Lipinski definition) is 2. The number of ether oxygens (including phenoxy) is 1. The second-order valence-corrected chi connectivity index (χ2v) is 11.4. The molecule has 3 amide bonds. The van der Waals surface area contributed by atoms with Crippen molar-refractivity contribution in [3.8, 4) is 0 Å². The highest BCUT2D eigenvalue weighted by molar-refractivity contribution is 7.18. The zero-order valence-corrected chi connectivity index (χ0v) is 22.0. The summed E-state index contributed by atoms with van der Waals surface area (Å²) in [4.78, 5) is 42.7. The molecule has 0 bridgehead atoms. The summed E-state index contributed by atoms with van der Waals surface area (Å²) in [6, 6.07) is 7.57. The van der Waals surface area contributed by atoms with Crippen molar-refractivity contribution < 1.29 is 23.5 Å². The predicted molar refractivity (Wildman–Crippen MR) is 141 cm³/mol. The Bertz CT molecular complexity index is 1160. The Hall–Kier alpha value is -2.53. The number of carbonyl (C=O) groups is 3. The van der Waals surface area contributed by atoms with Crippen LogP contribution in [0.2, 0.25) is 4.34 Å². The van der Waals surface area contributed by atoms with Crippen LogP contribution < -0.4 is 15.5 Å². The highest BCUT2D eigenvalue weighted by Crippen LogP contribution is 2.36. The number of morpholine rings is 1. The summed E-state index contributed by atoms with van der Waals surface area (Å²) >= 11 is 7.16. The number of benzene rings is 1. The van der Waals surface area contributed by atoms with Crippen LogP contribution in [-0.2, 0) is 14.3 Å². The maximum atomic E-state index is 15.1. The lowest BCUT2D eigenvalue weighted by molar-refractivity contribution is -0.126. The van der Waals surface area contributed by atoms with Gasteiger partial charge in [-0.1, -0.05) is 24.4 Å². The molecular formula is C26H30ClFN4O4S. The molecule has 0 radical (unpaired) electrons. The zero-order chi connectivity index (χ0) is 25.9. The number of halogens is 2. The van der Waals surface area contributed by atoms with Crippen LogP contribution in [0.1, 0.15) is 48.2 Å². The van der Waals surface area contributed by atoms with Gasteiger partial charge < -0.3 is 20.3 Å². The number of rotatable bonds is 9. The molecule has 2 N–H and O–H groups in total. The molecule has 1 aromatic carbocycles. The average Bonchev–Trinajstić information content (AvgIpc) is 3.25. The molecule has 1 aliphatic heterocycles. The summed E-state index contributed by atoms with van der Waals surface area (Å²) in [6.07, 6.45) is 6.24. The van der Waals surface area contributed by atoms with E-state index in [1.165, 1.54) is 28.4 Å². The Morgan fingerprint density at radius 3 is 2.46 bits per heavy atom. The zero-order valence-electron chi connectivity index (χ0n) is 20.4. The van der Waals surface area contributed by atoms with Gasteiger partial charge in [0.05, 0.1) is 21.5 Å². The Labute approximate surface area is 224 Å². The summed E-state index contributed by atoms with van der Waals surface area (Å²) in [5.74, 6) is -1.51. The quantitative estimate of drug-likeness (QED) is 0.493. The Kier molecular flexibility index (Phi) is 8.09. The minimum absolute atomic E-state index is 0.0383. The van der Waals surface area contributed by atoms with Crippen LogP contribution in [-0.4, -0.2) is 67.1 Å². The summed E-state index contributed by atoms with van der Waals surface area (Å²) in [6.45, 7) is 0.798. The molecule has 2 heterocycles. The van der Waals surface area contributed by atoms with Gasteiger partial charge in [0.25, 0.3) is 11.8 Å². The molecule has 2 aliphatic carbocycles. The third-order valence-electron chi connectivity index (χ3n) is 7.42. The molecule has 3 fully saturated rings. The number of hydrogen-bond acceptors (Lipinski definition) is 6. The summed E-state index contributed by atoms with van der Waals surface area (Å²) in [5, 5.41) is 5.65. The monoisotopic (exact) mass is 548 g/mol. The molecule has 3 aliphatic rings. The van der Waals surface area contributed by atoms with Crippen LogP contribution in [0, 0.1) is 5.82 Å². The third kappa shape index (κ3) is 5.82. The van der Waals surface area contributed by atoms with Crippen LogP contribution in [0.15, 0.2) is 30.3 Å². The fourth-order valence-electron chi connectivity index (χ4n) is 5.00. The van der Waals surface area contributed by atoms with E-state index in [9.17, 15) is 14.4 Å². The molecule has 37 heavy (non-hydrogen) atoms. The van der Waals surface area contributed by atoms with Crippen molar-refractivity contribution in [2.75, 3.05) is 36.5 Å². The standard InChI is InChI=1S/C26H30ClFN4O4S/c27-23-10-9-22(37-23)26(35)29-14-21(32(16-3-1-4-16)17-5-2-6-17)25(34)30-20-8-7-18(13-19(20)28)31-11-12-36-15-24(31)33/h7-10,13,16-17,21H,1-6,11-12,14-15H2,(H,29,35)(H,30,34)/t21-/m0/s1. The predicted octanol–water partition coefficient (Wildman–Crippen LogP) is 4.05. The molecule has 1 saturated heterocycles. The number of nitrogens with one attached hydrogen (secondary N) is 2. The first-order chi connectivity index (χ1) is 17.9. The highest BCUT2D eigenvalue weighted by atomic mass is 35.5. The van der Waals surface area contributed by atoms with Gasteiger partial charge >= 0.3 is 0 Å². The van der Waals surface area contributed by atoms with Gasteiger partial charge in [0.15, 0.2) is 0 Å². The first-order valence-corrected chi connectivity index (χ1v) is 13.9. The van der Waals surface area contributed by atoms with Gasteiger partial charge in [0.1, 0.15) is 18.5 Å². The van der Waals surface area contributed by atoms with Crippen LogP contribution in [0.5, 0.6) is 0 Å². The second kappa shape index (κ2) is 11.5. The molecule has 0 spiro atoms. The average molecular weight is 549 g/mol. The molecule has 2 aromatic rings. The molecular weight excluding hydrogens is 519 g/mol. The van der Waals surface area contributed by atoms with Crippen LogP contribution in [0.25, 0.3) is 0 Å². The molecule has 198 valence electrons. The lowest BCUT2D eigenvalue weighted by Gasteiger charge is -2.49. The van der Waals surface area contributed by atoms with Crippen LogP contribution in [0.4, 0.5) is 15.8 Å². The summed E-state index contributed by atoms with van der Waals surface area (Å²) in [7, 11) is 0. The normalized spacial score (nSPS) is 19.3. The van der Waals surface area contributed by atoms with E-state index in [0.29, 0.717) is 28.1 Å². The number of carbonyl (C=O) groups excluding carboxylic acids is 3. The molecule has 2 saturated carbocycles. The van der Waals surface area contributed by atoms with Crippen molar-refractivity contribution in [1.29, 1.82) is 0 Å². The van der Waals surface area contributed by atoms with Crippen molar-refractivity contribution in [3.63, 3.8) is 0 Å². The summed E-state index contributed by atoms with van der Waals surface area (Å²) < 4.78 is 20.7. The van der Waals surface area contributed by atoms with Gasteiger partial charge in [-0.2, -0.15) is 0 Å². The minimum atomic E-state index is -0.644. The first kappa shape index (κ1) is 26.1. The number of amides is 3.